The van der Waals surface area contributed by atoms with Gasteiger partial charge in [0.2, 0.25) is 0 Å². The van der Waals surface area contributed by atoms with E-state index in [0.717, 1.165) is 18.5 Å². The molecule has 0 saturated carbocycles. The van der Waals surface area contributed by atoms with Gasteiger partial charge in [0, 0.05) is 11.4 Å². The number of nitrogens with zero attached hydrogens (tertiary/aromatic N) is 7. The second-order valence-electron chi connectivity index (χ2n) is 5.95. The van der Waals surface area contributed by atoms with Gasteiger partial charge in [-0.25, -0.2) is 4.68 Å². The Hall–Kier alpha value is -3.07. The van der Waals surface area contributed by atoms with E-state index in [-0.39, 0.29) is 6.42 Å². The summed E-state index contributed by atoms with van der Waals surface area (Å²) < 4.78 is 8.04. The first-order valence-corrected chi connectivity index (χ1v) is 8.81. The monoisotopic (exact) mass is 385 g/mol. The van der Waals surface area contributed by atoms with Crippen molar-refractivity contribution in [2.45, 2.75) is 26.2 Å². The van der Waals surface area contributed by atoms with E-state index in [1.165, 1.54) is 7.11 Å². The van der Waals surface area contributed by atoms with Crippen LogP contribution < -0.4 is 0 Å². The summed E-state index contributed by atoms with van der Waals surface area (Å²) in [7, 11) is 1.33. The maximum Gasteiger partial charge on any atom is 0.311 e. The molecular weight excluding hydrogens is 370 g/mol. The molecule has 138 valence electrons. The molecule has 10 heteroatoms. The summed E-state index contributed by atoms with van der Waals surface area (Å²) in [6, 6.07) is 7.18. The number of carbonyl (C=O) groups is 1. The lowest BCUT2D eigenvalue weighted by molar-refractivity contribution is -0.139. The third kappa shape index (κ3) is 3.10. The lowest BCUT2D eigenvalue weighted by Crippen LogP contribution is -2.06. The molecule has 9 nitrogen and oxygen atoms in total. The van der Waals surface area contributed by atoms with Gasteiger partial charge in [0.25, 0.3) is 5.78 Å². The molecule has 3 aromatic heterocycles. The van der Waals surface area contributed by atoms with Crippen LogP contribution >= 0.6 is 11.6 Å². The maximum atomic E-state index is 11.8. The van der Waals surface area contributed by atoms with Gasteiger partial charge in [0.05, 0.1) is 19.2 Å². The van der Waals surface area contributed by atoms with Gasteiger partial charge >= 0.3 is 5.97 Å². The van der Waals surface area contributed by atoms with E-state index in [2.05, 4.69) is 32.3 Å². The first-order valence-electron chi connectivity index (χ1n) is 8.43. The SMILES string of the molecule is CCCc1nc2nnc3c(CC(=O)OC)nn(-c4ccc(Cl)cc4)c3n2n1. The number of fused-ring (bicyclic) bond motifs is 3. The lowest BCUT2D eigenvalue weighted by Gasteiger charge is -2.03. The van der Waals surface area contributed by atoms with Crippen LogP contribution in [0.3, 0.4) is 0 Å². The summed E-state index contributed by atoms with van der Waals surface area (Å²) in [5.41, 5.74) is 2.25. The molecule has 0 atom stereocenters. The largest absolute Gasteiger partial charge is 0.469 e. The molecule has 0 aliphatic rings. The molecule has 3 heterocycles. The molecule has 0 unspecified atom stereocenters. The number of aryl methyl sites for hydroxylation is 1. The number of methoxy groups -OCH3 is 1. The topological polar surface area (TPSA) is 100 Å². The van der Waals surface area contributed by atoms with Gasteiger partial charge in [0.15, 0.2) is 17.0 Å². The van der Waals surface area contributed by atoms with E-state index in [0.29, 0.717) is 33.5 Å². The Kier molecular flexibility index (Phi) is 4.44. The number of halogens is 1. The summed E-state index contributed by atoms with van der Waals surface area (Å²) in [4.78, 5) is 16.2. The van der Waals surface area contributed by atoms with E-state index in [1.54, 1.807) is 21.3 Å². The van der Waals surface area contributed by atoms with E-state index < -0.39 is 5.97 Å². The molecule has 0 aliphatic heterocycles. The fourth-order valence-electron chi connectivity index (χ4n) is 2.80. The number of ether oxygens (including phenoxy) is 1. The normalized spacial score (nSPS) is 11.4. The van der Waals surface area contributed by atoms with Crippen molar-refractivity contribution < 1.29 is 9.53 Å². The zero-order valence-electron chi connectivity index (χ0n) is 14.8. The van der Waals surface area contributed by atoms with E-state index in [1.807, 2.05) is 12.1 Å². The van der Waals surface area contributed by atoms with Crippen LogP contribution in [-0.2, 0) is 22.4 Å². The van der Waals surface area contributed by atoms with Crippen LogP contribution in [0.5, 0.6) is 0 Å². The van der Waals surface area contributed by atoms with Gasteiger partial charge in [-0.3, -0.25) is 4.79 Å². The average Bonchev–Trinajstić information content (AvgIpc) is 3.23. The van der Waals surface area contributed by atoms with Gasteiger partial charge in [-0.15, -0.1) is 15.3 Å². The fraction of sp³-hybridized carbons (Fsp3) is 0.294. The highest BCUT2D eigenvalue weighted by Crippen LogP contribution is 2.22. The molecule has 0 radical (unpaired) electrons. The summed E-state index contributed by atoms with van der Waals surface area (Å²) >= 11 is 6.00. The van der Waals surface area contributed by atoms with Crippen molar-refractivity contribution in [3.8, 4) is 5.69 Å². The van der Waals surface area contributed by atoms with E-state index in [9.17, 15) is 4.79 Å². The first kappa shape index (κ1) is 17.3. The number of rotatable bonds is 5. The van der Waals surface area contributed by atoms with Crippen molar-refractivity contribution in [3.63, 3.8) is 0 Å². The molecule has 4 rings (SSSR count). The molecule has 0 N–H and O–H groups in total. The Bertz CT molecular complexity index is 1130. The van der Waals surface area contributed by atoms with Gasteiger partial charge in [0.1, 0.15) is 5.69 Å². The minimum Gasteiger partial charge on any atom is -0.469 e. The zero-order chi connectivity index (χ0) is 19.0. The minimum atomic E-state index is -0.412. The number of hydrogen-bond acceptors (Lipinski definition) is 7. The van der Waals surface area contributed by atoms with Crippen LogP contribution in [-0.4, -0.2) is 47.7 Å². The van der Waals surface area contributed by atoms with Gasteiger partial charge in [-0.05, 0) is 30.7 Å². The standard InChI is InChI=1S/C17H16ClN7O2/c1-3-4-13-19-17-21-20-15-12(9-14(26)27-2)22-24(16(15)25(17)23-13)11-7-5-10(18)6-8-11/h5-8H,3-4,9H2,1-2H3. The molecule has 0 bridgehead atoms. The third-order valence-corrected chi connectivity index (χ3v) is 4.32. The quantitative estimate of drug-likeness (QED) is 0.485. The minimum absolute atomic E-state index is 0.0235. The molecule has 0 aliphatic carbocycles. The number of hydrogen-bond donors (Lipinski definition) is 0. The van der Waals surface area contributed by atoms with Crippen molar-refractivity contribution in [3.05, 3.63) is 40.8 Å². The van der Waals surface area contributed by atoms with E-state index in [4.69, 9.17) is 16.3 Å². The second-order valence-corrected chi connectivity index (χ2v) is 6.39. The number of benzene rings is 1. The van der Waals surface area contributed by atoms with Crippen molar-refractivity contribution >= 4 is 34.5 Å². The van der Waals surface area contributed by atoms with Crippen molar-refractivity contribution in [2.24, 2.45) is 0 Å². The molecule has 0 spiro atoms. The summed E-state index contributed by atoms with van der Waals surface area (Å²) in [6.07, 6.45) is 1.62. The third-order valence-electron chi connectivity index (χ3n) is 4.06. The molecule has 0 saturated heterocycles. The van der Waals surface area contributed by atoms with Crippen molar-refractivity contribution in [1.29, 1.82) is 0 Å². The number of esters is 1. The molecule has 0 amide bonds. The Morgan fingerprint density at radius 3 is 2.67 bits per heavy atom. The number of aromatic nitrogens is 7. The van der Waals surface area contributed by atoms with Gasteiger partial charge in [-0.1, -0.05) is 18.5 Å². The Labute approximate surface area is 158 Å². The lowest BCUT2D eigenvalue weighted by atomic mass is 10.3. The van der Waals surface area contributed by atoms with Crippen molar-refractivity contribution in [2.75, 3.05) is 7.11 Å². The number of carbonyl (C=O) groups excluding carboxylic acids is 1. The molecule has 1 aromatic carbocycles. The average molecular weight is 386 g/mol. The van der Waals surface area contributed by atoms with Crippen LogP contribution in [0.2, 0.25) is 5.02 Å². The Balaban J connectivity index is 1.99. The van der Waals surface area contributed by atoms with Crippen LogP contribution in [0.15, 0.2) is 24.3 Å². The predicted octanol–water partition coefficient (Wildman–Crippen LogP) is 2.18. The van der Waals surface area contributed by atoms with Crippen molar-refractivity contribution in [1.82, 2.24) is 34.6 Å². The smallest absolute Gasteiger partial charge is 0.311 e. The second kappa shape index (κ2) is 6.92. The maximum absolute atomic E-state index is 11.8. The molecular formula is C17H16ClN7O2. The molecule has 4 aromatic rings. The highest BCUT2D eigenvalue weighted by atomic mass is 35.5. The zero-order valence-corrected chi connectivity index (χ0v) is 15.5. The van der Waals surface area contributed by atoms with Gasteiger partial charge < -0.3 is 4.74 Å². The highest BCUT2D eigenvalue weighted by Gasteiger charge is 2.21. The van der Waals surface area contributed by atoms with E-state index >= 15 is 0 Å². The summed E-state index contributed by atoms with van der Waals surface area (Å²) in [5.74, 6) is 0.646. The predicted molar refractivity (Wildman–Crippen MR) is 97.9 cm³/mol. The first-order chi connectivity index (χ1) is 13.1. The van der Waals surface area contributed by atoms with Gasteiger partial charge in [-0.2, -0.15) is 14.6 Å². The van der Waals surface area contributed by atoms with Crippen LogP contribution in [0.4, 0.5) is 0 Å². The highest BCUT2D eigenvalue weighted by molar-refractivity contribution is 6.30. The van der Waals surface area contributed by atoms with Crippen LogP contribution in [0, 0.1) is 0 Å². The summed E-state index contributed by atoms with van der Waals surface area (Å²) in [6.45, 7) is 2.05. The Morgan fingerprint density at radius 1 is 1.19 bits per heavy atom. The molecule has 27 heavy (non-hydrogen) atoms. The summed E-state index contributed by atoms with van der Waals surface area (Å²) in [5, 5.41) is 18.1. The fourth-order valence-corrected chi connectivity index (χ4v) is 2.93. The Morgan fingerprint density at radius 2 is 1.96 bits per heavy atom. The molecule has 0 fully saturated rings. The van der Waals surface area contributed by atoms with Crippen LogP contribution in [0.1, 0.15) is 24.9 Å². The van der Waals surface area contributed by atoms with Crippen LogP contribution in [0.25, 0.3) is 22.6 Å².